The molecule has 1 unspecified atom stereocenters. The molecule has 4 aromatic rings. The topological polar surface area (TPSA) is 195 Å². The number of hydrogen-bond donors (Lipinski definition) is 4. The van der Waals surface area contributed by atoms with Gasteiger partial charge in [0.2, 0.25) is 11.8 Å². The summed E-state index contributed by atoms with van der Waals surface area (Å²) in [6.45, 7) is 9.84. The van der Waals surface area contributed by atoms with E-state index in [-0.39, 0.29) is 35.7 Å². The highest BCUT2D eigenvalue weighted by Crippen LogP contribution is 2.37. The summed E-state index contributed by atoms with van der Waals surface area (Å²) in [5.74, 6) is 0.677. The molecule has 61 heavy (non-hydrogen) atoms. The van der Waals surface area contributed by atoms with Gasteiger partial charge in [0.25, 0.3) is 0 Å². The maximum absolute atomic E-state index is 13.9. The van der Waals surface area contributed by atoms with E-state index in [1.54, 1.807) is 9.80 Å². The summed E-state index contributed by atoms with van der Waals surface area (Å²) in [5.41, 5.74) is 6.28. The molecule has 0 aliphatic carbocycles. The third kappa shape index (κ3) is 9.44. The predicted octanol–water partition coefficient (Wildman–Crippen LogP) is 6.78. The molecule has 3 fully saturated rings. The van der Waals surface area contributed by atoms with Crippen molar-refractivity contribution in [2.24, 2.45) is 11.8 Å². The Morgan fingerprint density at radius 3 is 1.97 bits per heavy atom. The van der Waals surface area contributed by atoms with Crippen LogP contribution in [0.1, 0.15) is 89.2 Å². The number of methoxy groups -OCH3 is 1. The van der Waals surface area contributed by atoms with E-state index in [1.165, 1.54) is 14.2 Å². The van der Waals surface area contributed by atoms with E-state index >= 15 is 0 Å². The Bertz CT molecular complexity index is 2160. The molecule has 7 rings (SSSR count). The molecule has 5 heterocycles. The average Bonchev–Trinajstić information content (AvgIpc) is 4.10. The minimum absolute atomic E-state index is 0.117. The van der Waals surface area contributed by atoms with Crippen molar-refractivity contribution in [3.63, 3.8) is 0 Å². The first-order valence-electron chi connectivity index (χ1n) is 21.3. The number of amides is 4. The van der Waals surface area contributed by atoms with Crippen molar-refractivity contribution in [1.29, 1.82) is 0 Å². The smallest absolute Gasteiger partial charge is 0.407 e. The lowest BCUT2D eigenvalue weighted by Crippen LogP contribution is -2.51. The van der Waals surface area contributed by atoms with Crippen LogP contribution >= 0.6 is 0 Å². The van der Waals surface area contributed by atoms with Crippen LogP contribution in [-0.4, -0.2) is 123 Å². The van der Waals surface area contributed by atoms with Gasteiger partial charge in [-0.15, -0.1) is 0 Å². The Labute approximate surface area is 356 Å². The van der Waals surface area contributed by atoms with Crippen LogP contribution < -0.4 is 5.32 Å². The molecule has 16 heteroatoms. The lowest BCUT2D eigenvalue weighted by molar-refractivity contribution is -0.177. The summed E-state index contributed by atoms with van der Waals surface area (Å²) in [7, 11) is 2.74. The second kappa shape index (κ2) is 18.9. The fourth-order valence-corrected chi connectivity index (χ4v) is 8.80. The Morgan fingerprint density at radius 1 is 0.820 bits per heavy atom. The van der Waals surface area contributed by atoms with Crippen molar-refractivity contribution in [3.8, 4) is 33.6 Å². The number of nitrogens with one attached hydrogen (secondary N) is 3. The number of nitrogens with zero attached hydrogens (tertiary/aromatic N) is 5. The lowest BCUT2D eigenvalue weighted by atomic mass is 10.00. The van der Waals surface area contributed by atoms with Crippen molar-refractivity contribution in [3.05, 3.63) is 72.1 Å². The fraction of sp³-hybridized carbons (Fsp3) is 0.511. The van der Waals surface area contributed by atoms with Gasteiger partial charge >= 0.3 is 12.2 Å². The molecule has 3 saturated heterocycles. The summed E-state index contributed by atoms with van der Waals surface area (Å²) in [4.78, 5) is 73.0. The van der Waals surface area contributed by atoms with E-state index in [2.05, 4.69) is 51.7 Å². The van der Waals surface area contributed by atoms with Crippen molar-refractivity contribution in [1.82, 2.24) is 40.0 Å². The summed E-state index contributed by atoms with van der Waals surface area (Å²) >= 11 is 0. The van der Waals surface area contributed by atoms with E-state index in [4.69, 9.17) is 24.2 Å². The zero-order valence-corrected chi connectivity index (χ0v) is 35.8. The minimum atomic E-state index is -1.14. The van der Waals surface area contributed by atoms with Gasteiger partial charge in [-0.1, -0.05) is 76.2 Å². The van der Waals surface area contributed by atoms with Gasteiger partial charge in [-0.3, -0.25) is 14.5 Å². The number of imidazole rings is 2. The average molecular weight is 839 g/mol. The largest absolute Gasteiger partial charge is 0.465 e. The molecule has 0 saturated carbocycles. The molecular formula is C45H58N8O8. The molecule has 4 atom stereocenters. The van der Waals surface area contributed by atoms with Crippen molar-refractivity contribution in [2.45, 2.75) is 96.7 Å². The number of rotatable bonds is 13. The van der Waals surface area contributed by atoms with E-state index < -0.39 is 30.6 Å². The van der Waals surface area contributed by atoms with Crippen LogP contribution in [0.3, 0.4) is 0 Å². The monoisotopic (exact) mass is 838 g/mol. The quantitative estimate of drug-likeness (QED) is 0.111. The second-order valence-electron chi connectivity index (χ2n) is 16.8. The van der Waals surface area contributed by atoms with Crippen LogP contribution in [0.25, 0.3) is 33.6 Å². The molecule has 16 nitrogen and oxygen atoms in total. The first-order valence-corrected chi connectivity index (χ1v) is 21.3. The molecule has 3 aliphatic rings. The minimum Gasteiger partial charge on any atom is -0.465 e. The van der Waals surface area contributed by atoms with Crippen LogP contribution in [-0.2, 0) is 30.2 Å². The lowest BCUT2D eigenvalue weighted by Gasteiger charge is -2.33. The highest BCUT2D eigenvalue weighted by atomic mass is 16.7. The summed E-state index contributed by atoms with van der Waals surface area (Å²) < 4.78 is 16.6. The SMILES string of the molecule is COC(=O)N[C@H](C(=O)N1CCCC1c1nc(-c2ccc(-c3ccc(-c4[nH]c([C@@H]5CCCN5C(=O)[C@H](C(C)C)N(C)C(=O)O)nc4CC4OCCCO4)cc3)cc2)c[nH]1)C(C)C. The second-order valence-corrected chi connectivity index (χ2v) is 16.8. The zero-order chi connectivity index (χ0) is 43.4. The van der Waals surface area contributed by atoms with Gasteiger partial charge < -0.3 is 44.4 Å². The molecule has 0 spiro atoms. The maximum Gasteiger partial charge on any atom is 0.407 e. The number of alkyl carbamates (subject to hydrolysis) is 1. The molecular weight excluding hydrogens is 781 g/mol. The number of carboxylic acid groups (broad SMARTS) is 1. The molecule has 0 radical (unpaired) electrons. The summed E-state index contributed by atoms with van der Waals surface area (Å²) in [6, 6.07) is 14.4. The normalized spacial score (nSPS) is 19.3. The number of carbonyl (C=O) groups excluding carboxylic acids is 3. The third-order valence-corrected chi connectivity index (χ3v) is 12.0. The van der Waals surface area contributed by atoms with Crippen LogP contribution in [0.15, 0.2) is 54.7 Å². The third-order valence-electron chi connectivity index (χ3n) is 12.0. The molecule has 4 N–H and O–H groups in total. The van der Waals surface area contributed by atoms with Gasteiger partial charge in [-0.2, -0.15) is 0 Å². The van der Waals surface area contributed by atoms with Crippen LogP contribution in [0.2, 0.25) is 0 Å². The standard InChI is InChI=1S/C45H58N8O8/c1-26(2)37(50-44(56)59-6)42(54)52-20-7-10-34(52)40-46-25-33(48-40)30-16-12-28(13-17-30)29-14-18-31(19-15-29)38-32(24-36-60-22-9-23-61-36)47-41(49-38)35-11-8-21-53(35)43(55)39(27(3)4)51(5)45(57)58/h12-19,25-27,34-37,39H,7-11,20-24H2,1-6H3,(H,46,48)(H,47,49)(H,50,56)(H,57,58)/t34?,35-,37-,39-/m0/s1. The number of aromatic nitrogens is 4. The Hall–Kier alpha value is -5.74. The van der Waals surface area contributed by atoms with Gasteiger partial charge in [-0.25, -0.2) is 19.6 Å². The first kappa shape index (κ1) is 43.4. The number of H-pyrrole nitrogens is 2. The first-order chi connectivity index (χ1) is 29.3. The Balaban J connectivity index is 1.08. The Morgan fingerprint density at radius 2 is 1.39 bits per heavy atom. The molecule has 2 aromatic heterocycles. The summed E-state index contributed by atoms with van der Waals surface area (Å²) in [5, 5.41) is 12.4. The van der Waals surface area contributed by atoms with Gasteiger partial charge in [0.05, 0.1) is 49.5 Å². The molecule has 4 amide bonds. The number of ether oxygens (including phenoxy) is 3. The molecule has 3 aliphatic heterocycles. The van der Waals surface area contributed by atoms with Crippen LogP contribution in [0.4, 0.5) is 9.59 Å². The number of carbonyl (C=O) groups is 4. The maximum atomic E-state index is 13.9. The van der Waals surface area contributed by atoms with E-state index in [1.807, 2.05) is 46.0 Å². The van der Waals surface area contributed by atoms with Gasteiger partial charge in [-0.05, 0) is 60.6 Å². The number of hydrogen-bond acceptors (Lipinski definition) is 9. The highest BCUT2D eigenvalue weighted by Gasteiger charge is 2.41. The highest BCUT2D eigenvalue weighted by molar-refractivity contribution is 5.87. The van der Waals surface area contributed by atoms with Crippen LogP contribution in [0, 0.1) is 11.8 Å². The molecule has 0 bridgehead atoms. The zero-order valence-electron chi connectivity index (χ0n) is 35.8. The number of benzene rings is 2. The Kier molecular flexibility index (Phi) is 13.4. The fourth-order valence-electron chi connectivity index (χ4n) is 8.80. The molecule has 2 aromatic carbocycles. The molecule has 326 valence electrons. The van der Waals surface area contributed by atoms with Gasteiger partial charge in [0.15, 0.2) is 6.29 Å². The van der Waals surface area contributed by atoms with E-state index in [0.717, 1.165) is 69.9 Å². The number of likely N-dealkylation sites (tertiary alicyclic amines) is 2. The summed E-state index contributed by atoms with van der Waals surface area (Å²) in [6.07, 6.45) is 4.02. The van der Waals surface area contributed by atoms with Gasteiger partial charge in [0, 0.05) is 38.3 Å². The predicted molar refractivity (Wildman–Crippen MR) is 227 cm³/mol. The van der Waals surface area contributed by atoms with Crippen molar-refractivity contribution < 1.29 is 38.5 Å². The number of likely N-dealkylation sites (N-methyl/N-ethyl adjacent to an activating group) is 1. The van der Waals surface area contributed by atoms with E-state index in [0.29, 0.717) is 50.8 Å². The number of aromatic amines is 2. The van der Waals surface area contributed by atoms with Crippen molar-refractivity contribution in [2.75, 3.05) is 40.5 Å². The van der Waals surface area contributed by atoms with Crippen molar-refractivity contribution >= 4 is 24.0 Å². The van der Waals surface area contributed by atoms with Crippen LogP contribution in [0.5, 0.6) is 0 Å². The van der Waals surface area contributed by atoms with Gasteiger partial charge in [0.1, 0.15) is 23.7 Å². The van der Waals surface area contributed by atoms with E-state index in [9.17, 15) is 24.3 Å².